The summed E-state index contributed by atoms with van der Waals surface area (Å²) < 4.78 is 5.41. The van der Waals surface area contributed by atoms with Gasteiger partial charge < -0.3 is 20.3 Å². The fourth-order valence-corrected chi connectivity index (χ4v) is 2.83. The fourth-order valence-electron chi connectivity index (χ4n) is 2.83. The van der Waals surface area contributed by atoms with Crippen molar-refractivity contribution in [2.24, 2.45) is 0 Å². The molecule has 2 N–H and O–H groups in total. The van der Waals surface area contributed by atoms with E-state index in [1.165, 1.54) is 12.8 Å². The zero-order chi connectivity index (χ0) is 18.2. The van der Waals surface area contributed by atoms with Crippen LogP contribution in [0.4, 0.5) is 11.8 Å². The summed E-state index contributed by atoms with van der Waals surface area (Å²) in [5, 5.41) is 5.99. The average molecular weight is 355 g/mol. The maximum atomic E-state index is 11.8. The topological polar surface area (TPSA) is 79.4 Å². The van der Waals surface area contributed by atoms with Crippen LogP contribution in [0.2, 0.25) is 0 Å². The first kappa shape index (κ1) is 18.0. The molecule has 138 valence electrons. The van der Waals surface area contributed by atoms with E-state index < -0.39 is 0 Å². The van der Waals surface area contributed by atoms with E-state index in [1.54, 1.807) is 0 Å². The molecule has 0 aliphatic carbocycles. The SMILES string of the molecule is Cc1cc(N2CCCC2)nc(NCCNC(=O)COc2ccccc2)n1. The molecule has 0 saturated carbocycles. The molecular formula is C19H25N5O2. The van der Waals surface area contributed by atoms with Crippen LogP contribution in [0.15, 0.2) is 36.4 Å². The summed E-state index contributed by atoms with van der Waals surface area (Å²) in [6.45, 7) is 5.10. The molecule has 3 rings (SSSR count). The monoisotopic (exact) mass is 355 g/mol. The fraction of sp³-hybridized carbons (Fsp3) is 0.421. The Morgan fingerprint density at radius 2 is 1.92 bits per heavy atom. The van der Waals surface area contributed by atoms with Crippen LogP contribution in [0.25, 0.3) is 0 Å². The van der Waals surface area contributed by atoms with Crippen LogP contribution in [0.5, 0.6) is 5.75 Å². The number of carbonyl (C=O) groups is 1. The predicted molar refractivity (Wildman–Crippen MR) is 102 cm³/mol. The number of rotatable bonds is 8. The molecule has 0 bridgehead atoms. The van der Waals surface area contributed by atoms with E-state index in [1.807, 2.05) is 43.3 Å². The zero-order valence-corrected chi connectivity index (χ0v) is 15.1. The summed E-state index contributed by atoms with van der Waals surface area (Å²) in [5.74, 6) is 2.10. The number of aromatic nitrogens is 2. The minimum atomic E-state index is -0.154. The lowest BCUT2D eigenvalue weighted by Crippen LogP contribution is -2.33. The number of anilines is 2. The number of nitrogens with zero attached hydrogens (tertiary/aromatic N) is 3. The predicted octanol–water partition coefficient (Wildman–Crippen LogP) is 1.99. The number of aryl methyl sites for hydroxylation is 1. The van der Waals surface area contributed by atoms with E-state index in [9.17, 15) is 4.79 Å². The van der Waals surface area contributed by atoms with Crippen molar-refractivity contribution in [2.45, 2.75) is 19.8 Å². The number of hydrogen-bond acceptors (Lipinski definition) is 6. The lowest BCUT2D eigenvalue weighted by atomic mass is 10.3. The Kier molecular flexibility index (Phi) is 6.24. The van der Waals surface area contributed by atoms with Gasteiger partial charge in [-0.1, -0.05) is 18.2 Å². The van der Waals surface area contributed by atoms with Crippen molar-refractivity contribution in [2.75, 3.05) is 43.0 Å². The van der Waals surface area contributed by atoms with Crippen LogP contribution < -0.4 is 20.3 Å². The van der Waals surface area contributed by atoms with Gasteiger partial charge in [0.25, 0.3) is 5.91 Å². The second-order valence-electron chi connectivity index (χ2n) is 6.26. The van der Waals surface area contributed by atoms with Gasteiger partial charge in [0.1, 0.15) is 11.6 Å². The Hall–Kier alpha value is -2.83. The summed E-state index contributed by atoms with van der Waals surface area (Å²) in [7, 11) is 0. The number of nitrogens with one attached hydrogen (secondary N) is 2. The number of amides is 1. The molecule has 1 fully saturated rings. The third-order valence-electron chi connectivity index (χ3n) is 4.11. The van der Waals surface area contributed by atoms with Gasteiger partial charge >= 0.3 is 0 Å². The molecule has 1 aromatic carbocycles. The molecule has 2 heterocycles. The first-order chi connectivity index (χ1) is 12.7. The Labute approximate surface area is 153 Å². The summed E-state index contributed by atoms with van der Waals surface area (Å²) in [4.78, 5) is 23.1. The highest BCUT2D eigenvalue weighted by atomic mass is 16.5. The molecule has 7 nitrogen and oxygen atoms in total. The van der Waals surface area contributed by atoms with Crippen LogP contribution in [0, 0.1) is 6.92 Å². The van der Waals surface area contributed by atoms with Crippen LogP contribution in [0.1, 0.15) is 18.5 Å². The van der Waals surface area contributed by atoms with Gasteiger partial charge in [0.05, 0.1) is 0 Å². The Balaban J connectivity index is 1.39. The van der Waals surface area contributed by atoms with Crippen LogP contribution in [-0.2, 0) is 4.79 Å². The van der Waals surface area contributed by atoms with Gasteiger partial charge in [0, 0.05) is 37.9 Å². The largest absolute Gasteiger partial charge is 0.484 e. The number of benzene rings is 1. The molecule has 1 amide bonds. The molecular weight excluding hydrogens is 330 g/mol. The van der Waals surface area contributed by atoms with Crippen LogP contribution >= 0.6 is 0 Å². The summed E-state index contributed by atoms with van der Waals surface area (Å²) in [5.41, 5.74) is 0.935. The molecule has 0 unspecified atom stereocenters. The number of ether oxygens (including phenoxy) is 1. The van der Waals surface area contributed by atoms with Gasteiger partial charge in [0.15, 0.2) is 6.61 Å². The van der Waals surface area contributed by atoms with Gasteiger partial charge in [0.2, 0.25) is 5.95 Å². The van der Waals surface area contributed by atoms with E-state index in [4.69, 9.17) is 4.74 Å². The smallest absolute Gasteiger partial charge is 0.258 e. The maximum absolute atomic E-state index is 11.8. The number of hydrogen-bond donors (Lipinski definition) is 2. The molecule has 1 saturated heterocycles. The molecule has 1 aromatic heterocycles. The van der Waals surface area contributed by atoms with Crippen LogP contribution in [-0.4, -0.2) is 48.7 Å². The Morgan fingerprint density at radius 3 is 2.69 bits per heavy atom. The summed E-state index contributed by atoms with van der Waals surface area (Å²) in [6.07, 6.45) is 2.42. The minimum absolute atomic E-state index is 0.00403. The van der Waals surface area contributed by atoms with Gasteiger partial charge in [-0.2, -0.15) is 4.98 Å². The molecule has 1 aliphatic rings. The average Bonchev–Trinajstić information content (AvgIpc) is 3.19. The molecule has 7 heteroatoms. The number of para-hydroxylation sites is 1. The first-order valence-corrected chi connectivity index (χ1v) is 9.00. The van der Waals surface area contributed by atoms with Gasteiger partial charge in [-0.25, -0.2) is 4.98 Å². The van der Waals surface area contributed by atoms with Gasteiger partial charge in [-0.05, 0) is 31.9 Å². The molecule has 0 atom stereocenters. The van der Waals surface area contributed by atoms with E-state index in [0.29, 0.717) is 24.8 Å². The second kappa shape index (κ2) is 9.03. The molecule has 26 heavy (non-hydrogen) atoms. The quantitative estimate of drug-likeness (QED) is 0.705. The normalized spacial score (nSPS) is 13.5. The highest BCUT2D eigenvalue weighted by Gasteiger charge is 2.15. The summed E-state index contributed by atoms with van der Waals surface area (Å²) >= 11 is 0. The van der Waals surface area contributed by atoms with Crippen molar-refractivity contribution in [3.8, 4) is 5.75 Å². The van der Waals surface area contributed by atoms with Crippen molar-refractivity contribution in [1.82, 2.24) is 15.3 Å². The maximum Gasteiger partial charge on any atom is 0.258 e. The minimum Gasteiger partial charge on any atom is -0.484 e. The van der Waals surface area contributed by atoms with E-state index in [2.05, 4.69) is 25.5 Å². The molecule has 0 spiro atoms. The lowest BCUT2D eigenvalue weighted by molar-refractivity contribution is -0.123. The third kappa shape index (κ3) is 5.34. The summed E-state index contributed by atoms with van der Waals surface area (Å²) in [6, 6.07) is 11.3. The van der Waals surface area contributed by atoms with Crippen molar-refractivity contribution in [3.05, 3.63) is 42.1 Å². The first-order valence-electron chi connectivity index (χ1n) is 9.00. The lowest BCUT2D eigenvalue weighted by Gasteiger charge is -2.17. The third-order valence-corrected chi connectivity index (χ3v) is 4.11. The second-order valence-corrected chi connectivity index (χ2v) is 6.26. The highest BCUT2D eigenvalue weighted by Crippen LogP contribution is 2.19. The van der Waals surface area contributed by atoms with Crippen molar-refractivity contribution >= 4 is 17.7 Å². The van der Waals surface area contributed by atoms with Crippen molar-refractivity contribution in [1.29, 1.82) is 0 Å². The number of carbonyl (C=O) groups excluding carboxylic acids is 1. The van der Waals surface area contributed by atoms with Crippen molar-refractivity contribution in [3.63, 3.8) is 0 Å². The molecule has 2 aromatic rings. The van der Waals surface area contributed by atoms with E-state index in [0.717, 1.165) is 24.6 Å². The Morgan fingerprint density at radius 1 is 1.15 bits per heavy atom. The zero-order valence-electron chi connectivity index (χ0n) is 15.1. The van der Waals surface area contributed by atoms with Crippen molar-refractivity contribution < 1.29 is 9.53 Å². The van der Waals surface area contributed by atoms with Gasteiger partial charge in [-0.15, -0.1) is 0 Å². The highest BCUT2D eigenvalue weighted by molar-refractivity contribution is 5.77. The van der Waals surface area contributed by atoms with E-state index >= 15 is 0 Å². The molecule has 0 radical (unpaired) electrons. The van der Waals surface area contributed by atoms with Gasteiger partial charge in [-0.3, -0.25) is 4.79 Å². The molecule has 1 aliphatic heterocycles. The van der Waals surface area contributed by atoms with Crippen LogP contribution in [0.3, 0.4) is 0 Å². The van der Waals surface area contributed by atoms with E-state index in [-0.39, 0.29) is 12.5 Å². The Bertz CT molecular complexity index is 717. The standard InChI is InChI=1S/C19H25N5O2/c1-15-13-17(24-11-5-6-12-24)23-19(22-15)21-10-9-20-18(25)14-26-16-7-3-2-4-8-16/h2-4,7-8,13H,5-6,9-12,14H2,1H3,(H,20,25)(H,21,22,23).